The largest absolute Gasteiger partial charge is 0.785 e. The molecule has 1 aromatic rings. The second kappa shape index (κ2) is 14.5. The molecule has 0 amide bonds. The number of nitrogens with zero attached hydrogens (tertiary/aromatic N) is 1. The highest BCUT2D eigenvalue weighted by Gasteiger charge is 2.12. The molecule has 0 bridgehead atoms. The Morgan fingerprint density at radius 1 is 1.00 bits per heavy atom. The third-order valence-electron chi connectivity index (χ3n) is 4.75. The Kier molecular flexibility index (Phi) is 12.7. The van der Waals surface area contributed by atoms with Crippen LogP contribution in [-0.4, -0.2) is 25.8 Å². The van der Waals surface area contributed by atoms with Crippen LogP contribution in [0.15, 0.2) is 18.7 Å². The second-order valence-electron chi connectivity index (χ2n) is 7.23. The Morgan fingerprint density at radius 2 is 1.59 bits per heavy atom. The molecule has 0 aromatic heterocycles. The van der Waals surface area contributed by atoms with Crippen LogP contribution in [0.25, 0.3) is 6.08 Å². The summed E-state index contributed by atoms with van der Waals surface area (Å²) in [6.45, 7) is 6.98. The fourth-order valence-electron chi connectivity index (χ4n) is 3.24. The average Bonchev–Trinajstić information content (AvgIpc) is 2.66. The van der Waals surface area contributed by atoms with Gasteiger partial charge in [0.1, 0.15) is 0 Å². The van der Waals surface area contributed by atoms with Crippen LogP contribution in [0.1, 0.15) is 82.3 Å². The van der Waals surface area contributed by atoms with Crippen LogP contribution in [0, 0.1) is 5.21 Å². The summed E-state index contributed by atoms with van der Waals surface area (Å²) in [5.74, 6) is 1.35. The predicted molar refractivity (Wildman–Crippen MR) is 115 cm³/mol. The van der Waals surface area contributed by atoms with Crippen molar-refractivity contribution in [2.45, 2.75) is 77.7 Å². The zero-order valence-electron chi connectivity index (χ0n) is 17.6. The van der Waals surface area contributed by atoms with Gasteiger partial charge < -0.3 is 19.7 Å². The molecule has 0 unspecified atom stereocenters. The number of rotatable bonds is 16. The van der Waals surface area contributed by atoms with Crippen LogP contribution in [0.2, 0.25) is 0 Å². The summed E-state index contributed by atoms with van der Waals surface area (Å²) in [4.78, 5) is 0. The molecule has 0 aliphatic carbocycles. The lowest BCUT2D eigenvalue weighted by molar-refractivity contribution is 0.278. The normalized spacial score (nSPS) is 11.0. The summed E-state index contributed by atoms with van der Waals surface area (Å²) < 4.78 is 11.5. The summed E-state index contributed by atoms with van der Waals surface area (Å²) in [6.07, 6.45) is 14.7. The smallest absolute Gasteiger partial charge is 0.165 e. The highest BCUT2D eigenvalue weighted by atomic mass is 16.5. The first-order chi connectivity index (χ1) is 13.1. The van der Waals surface area contributed by atoms with E-state index < -0.39 is 0 Å². The Hall–Kier alpha value is -1.52. The Bertz CT molecular complexity index is 529. The second-order valence-corrected chi connectivity index (χ2v) is 7.23. The van der Waals surface area contributed by atoms with Gasteiger partial charge in [0.05, 0.1) is 13.7 Å². The average molecular weight is 377 g/mol. The minimum atomic E-state index is 0.269. The van der Waals surface area contributed by atoms with E-state index in [2.05, 4.69) is 13.5 Å². The maximum Gasteiger partial charge on any atom is 0.165 e. The quantitative estimate of drug-likeness (QED) is 0.242. The third kappa shape index (κ3) is 9.83. The van der Waals surface area contributed by atoms with E-state index in [9.17, 15) is 5.21 Å². The lowest BCUT2D eigenvalue weighted by Gasteiger charge is -2.24. The molecule has 0 N–H and O–H groups in total. The van der Waals surface area contributed by atoms with E-state index in [1.54, 1.807) is 13.2 Å². The lowest BCUT2D eigenvalue weighted by atomic mass is 10.1. The molecule has 154 valence electrons. The number of methoxy groups -OCH3 is 1. The number of hydroxylamine groups is 2. The van der Waals surface area contributed by atoms with Crippen LogP contribution < -0.4 is 9.47 Å². The molecule has 0 saturated carbocycles. The van der Waals surface area contributed by atoms with Crippen molar-refractivity contribution in [1.82, 2.24) is 5.06 Å². The maximum atomic E-state index is 11.5. The van der Waals surface area contributed by atoms with Crippen LogP contribution >= 0.6 is 0 Å². The van der Waals surface area contributed by atoms with Gasteiger partial charge in [-0.2, -0.15) is 0 Å². The summed E-state index contributed by atoms with van der Waals surface area (Å²) in [5.41, 5.74) is 1.77. The number of ether oxygens (including phenoxy) is 2. The van der Waals surface area contributed by atoms with E-state index in [-0.39, 0.29) is 6.54 Å². The van der Waals surface area contributed by atoms with Gasteiger partial charge in [-0.05, 0) is 31.2 Å². The van der Waals surface area contributed by atoms with E-state index in [1.165, 1.54) is 64.8 Å². The summed E-state index contributed by atoms with van der Waals surface area (Å²) in [5, 5.41) is 12.4. The summed E-state index contributed by atoms with van der Waals surface area (Å²) in [7, 11) is 3.14. The minimum absolute atomic E-state index is 0.269. The van der Waals surface area contributed by atoms with Gasteiger partial charge in [-0.3, -0.25) is 0 Å². The van der Waals surface area contributed by atoms with Gasteiger partial charge >= 0.3 is 0 Å². The zero-order valence-corrected chi connectivity index (χ0v) is 17.6. The highest BCUT2D eigenvalue weighted by molar-refractivity contribution is 5.58. The molecule has 0 saturated heterocycles. The molecule has 0 fully saturated rings. The van der Waals surface area contributed by atoms with Gasteiger partial charge in [-0.1, -0.05) is 77.4 Å². The summed E-state index contributed by atoms with van der Waals surface area (Å²) in [6, 6.07) is 3.84. The van der Waals surface area contributed by atoms with Gasteiger partial charge in [0.25, 0.3) is 0 Å². The van der Waals surface area contributed by atoms with Crippen molar-refractivity contribution in [3.8, 4) is 11.5 Å². The highest BCUT2D eigenvalue weighted by Crippen LogP contribution is 2.34. The van der Waals surface area contributed by atoms with Crippen molar-refractivity contribution in [2.24, 2.45) is 0 Å². The van der Waals surface area contributed by atoms with Crippen molar-refractivity contribution in [2.75, 3.05) is 20.8 Å². The van der Waals surface area contributed by atoms with Crippen LogP contribution in [-0.2, 0) is 6.54 Å². The van der Waals surface area contributed by atoms with Gasteiger partial charge in [-0.25, -0.2) is 0 Å². The zero-order chi connectivity index (χ0) is 19.9. The van der Waals surface area contributed by atoms with Gasteiger partial charge in [0.2, 0.25) is 0 Å². The molecule has 1 rings (SSSR count). The van der Waals surface area contributed by atoms with Crippen LogP contribution in [0.4, 0.5) is 0 Å². The number of hydrogen-bond donors (Lipinski definition) is 0. The van der Waals surface area contributed by atoms with E-state index >= 15 is 0 Å². The van der Waals surface area contributed by atoms with Crippen molar-refractivity contribution < 1.29 is 9.47 Å². The molecule has 0 aliphatic heterocycles. The molecular weight excluding hydrogens is 338 g/mol. The predicted octanol–water partition coefficient (Wildman–Crippen LogP) is 6.57. The molecule has 4 nitrogen and oxygen atoms in total. The standard InChI is InChI=1S/C23H38NO3/c1-5-7-8-9-10-11-12-13-14-15-16-27-23-21(19-24(3)25)17-20(6-2)18-22(23)26-4/h6,17-18H,2,5,7-16,19H2,1,3-4H3/q-1. The molecular formula is C23H38NO3-. The Morgan fingerprint density at radius 3 is 2.11 bits per heavy atom. The third-order valence-corrected chi connectivity index (χ3v) is 4.75. The number of hydrogen-bond acceptors (Lipinski definition) is 4. The maximum absolute atomic E-state index is 11.5. The minimum Gasteiger partial charge on any atom is -0.785 e. The van der Waals surface area contributed by atoms with Gasteiger partial charge in [0.15, 0.2) is 11.5 Å². The molecule has 0 radical (unpaired) electrons. The fourth-order valence-corrected chi connectivity index (χ4v) is 3.24. The first kappa shape index (κ1) is 23.5. The Balaban J connectivity index is 2.37. The van der Waals surface area contributed by atoms with Crippen molar-refractivity contribution in [1.29, 1.82) is 0 Å². The Labute approximate surface area is 166 Å². The van der Waals surface area contributed by atoms with Crippen molar-refractivity contribution >= 4 is 6.08 Å². The van der Waals surface area contributed by atoms with Crippen LogP contribution in [0.5, 0.6) is 11.5 Å². The van der Waals surface area contributed by atoms with Crippen molar-refractivity contribution in [3.05, 3.63) is 35.0 Å². The van der Waals surface area contributed by atoms with Crippen LogP contribution in [0.3, 0.4) is 0 Å². The number of benzene rings is 1. The molecule has 0 spiro atoms. The molecule has 0 heterocycles. The van der Waals surface area contributed by atoms with E-state index in [4.69, 9.17) is 9.47 Å². The van der Waals surface area contributed by atoms with Crippen molar-refractivity contribution in [3.63, 3.8) is 0 Å². The SMILES string of the molecule is C=Cc1cc(CN(C)[O-])c(OCCCCCCCCCCCC)c(OC)c1. The first-order valence-corrected chi connectivity index (χ1v) is 10.5. The molecule has 27 heavy (non-hydrogen) atoms. The monoisotopic (exact) mass is 376 g/mol. The molecule has 0 aliphatic rings. The van der Waals surface area contributed by atoms with E-state index in [0.717, 1.165) is 22.6 Å². The topological polar surface area (TPSA) is 44.8 Å². The molecule has 1 aromatic carbocycles. The van der Waals surface area contributed by atoms with E-state index in [1.807, 2.05) is 12.1 Å². The molecule has 0 atom stereocenters. The fraction of sp³-hybridized carbons (Fsp3) is 0.652. The molecule has 4 heteroatoms. The van der Waals surface area contributed by atoms with Gasteiger partial charge in [-0.15, -0.1) is 0 Å². The number of unbranched alkanes of at least 4 members (excludes halogenated alkanes) is 9. The summed E-state index contributed by atoms with van der Waals surface area (Å²) >= 11 is 0. The van der Waals surface area contributed by atoms with Gasteiger partial charge in [0, 0.05) is 12.1 Å². The van der Waals surface area contributed by atoms with E-state index in [0.29, 0.717) is 18.1 Å². The lowest BCUT2D eigenvalue weighted by Crippen LogP contribution is -2.11. The first-order valence-electron chi connectivity index (χ1n) is 10.5.